The van der Waals surface area contributed by atoms with Crippen molar-refractivity contribution in [2.24, 2.45) is 5.11 Å². The van der Waals surface area contributed by atoms with E-state index in [-0.39, 0.29) is 186 Å². The highest BCUT2D eigenvalue weighted by Gasteiger charge is 2.31. The molecule has 149 heavy (non-hydrogen) atoms. The fourth-order valence-electron chi connectivity index (χ4n) is 14.4. The Bertz CT molecular complexity index is 4450. The molecule has 5 atom stereocenters. The molecule has 1 saturated heterocycles. The molecule has 0 aromatic heterocycles. The summed E-state index contributed by atoms with van der Waals surface area (Å²) < 4.78 is 67.9. The van der Waals surface area contributed by atoms with Crippen molar-refractivity contribution in [2.45, 2.75) is 133 Å². The maximum Gasteiger partial charge on any atom is 0.326 e. The number of carboxylic acid groups (broad SMARTS) is 8. The highest BCUT2D eigenvalue weighted by molar-refractivity contribution is 14.1. The first-order valence-electron chi connectivity index (χ1n) is 49.5. The van der Waals surface area contributed by atoms with Crippen molar-refractivity contribution in [1.82, 2.24) is 67.5 Å². The normalized spacial score (nSPS) is 14.2. The molecule has 1 aliphatic rings. The van der Waals surface area contributed by atoms with Crippen molar-refractivity contribution in [3.05, 3.63) is 99.3 Å². The van der Waals surface area contributed by atoms with E-state index in [4.69, 9.17) is 79.7 Å². The first-order valence-corrected chi connectivity index (χ1v) is 51.0. The number of carbonyl (C=O) groups excluding carboxylic acids is 6. The molecule has 1 heterocycles. The van der Waals surface area contributed by atoms with Crippen LogP contribution < -0.4 is 58.5 Å². The van der Waals surface area contributed by atoms with E-state index in [9.17, 15) is 103 Å². The van der Waals surface area contributed by atoms with Gasteiger partial charge in [-0.05, 0) is 166 Å². The van der Waals surface area contributed by atoms with Crippen LogP contribution in [0.5, 0.6) is 0 Å². The number of benzene rings is 3. The van der Waals surface area contributed by atoms with Crippen LogP contribution in [0.1, 0.15) is 107 Å². The zero-order valence-electron chi connectivity index (χ0n) is 84.2. The number of urea groups is 2. The van der Waals surface area contributed by atoms with Gasteiger partial charge in [-0.3, -0.25) is 62.8 Å². The third-order valence-electron chi connectivity index (χ3n) is 22.0. The predicted octanol–water partition coefficient (Wildman–Crippen LogP) is 2.27. The number of carbonyl (C=O) groups is 14. The minimum absolute atomic E-state index is 0.00474. The number of unbranched alkanes of at least 4 members (excludes halogenated alkanes) is 3. The van der Waals surface area contributed by atoms with Crippen LogP contribution in [0.4, 0.5) is 21.0 Å². The van der Waals surface area contributed by atoms with Crippen molar-refractivity contribution in [2.75, 3.05) is 274 Å². The number of aliphatic carboxylic acids is 8. The average molecular weight is 2250 g/mol. The second-order valence-electron chi connectivity index (χ2n) is 33.9. The number of nitrogens with zero attached hydrogens (tertiary/aromatic N) is 5. The molecule has 1 aliphatic heterocycles. The molecule has 0 aliphatic carbocycles. The molecule has 51 nitrogen and oxygen atoms in total. The average Bonchev–Trinajstić information content (AvgIpc) is 0.848. The lowest BCUT2D eigenvalue weighted by atomic mass is 10.0. The van der Waals surface area contributed by atoms with Gasteiger partial charge in [0, 0.05) is 124 Å². The van der Waals surface area contributed by atoms with Gasteiger partial charge in [-0.25, -0.2) is 29.5 Å². The van der Waals surface area contributed by atoms with Gasteiger partial charge in [0.2, 0.25) is 23.6 Å². The van der Waals surface area contributed by atoms with Crippen LogP contribution in [-0.4, -0.2) is 443 Å². The summed E-state index contributed by atoms with van der Waals surface area (Å²) >= 11 is 7.88. The van der Waals surface area contributed by atoms with Gasteiger partial charge in [0.1, 0.15) is 29.9 Å². The Balaban J connectivity index is 1.09. The van der Waals surface area contributed by atoms with Crippen molar-refractivity contribution < 1.29 is 165 Å². The third-order valence-corrected chi connectivity index (χ3v) is 22.9. The minimum Gasteiger partial charge on any atom is -0.481 e. The van der Waals surface area contributed by atoms with E-state index in [0.29, 0.717) is 175 Å². The van der Waals surface area contributed by atoms with E-state index in [1.807, 2.05) is 12.1 Å². The standard InChI is InChI=1S/C96H150IN17O34S/c97-73-20-16-70(17-21-73)9-7-15-82(115)100-27-4-2-13-78(91(129)130)107-83(116)26-37-137-39-41-139-43-45-141-47-49-143-51-53-145-55-57-147-59-60-148-58-56-146-54-52-144-50-48-142-46-44-140-42-40-138-38-30-101-90(128)77(106-84(117)64-99-63-81(110-98)72-10-8-11-75(62-72)104-94(135)102-28-5-3-14-79(92(131)132)108-95(136)109-80(93(133)134)24-25-85(118)119)12-1-6-29-103-96(149)105-74-22-18-71(19-23-74)61-76-65-113(68-88(124)125)34-33-111(66-86(120)121)31-32-112(67-87(122)123)35-36-114(76)69-89(126)127/h8,10-11,16-23,62-63,76-80,98-99H,1-7,9,12-15,24-61,64-69H2,(H,100,115)(H,101,128)(H,106,117)(H,107,116)(H,118,119)(H,120,121)(H,122,123)(H,124,125)(H,126,127)(H,129,130)(H,131,132)(H,133,134)(H2,102,104,135)(H2,103,105,149)(H2,108,109,136)/b81-63-,110-98?/t76?,77-,78-,79-,80-/m0/s1. The van der Waals surface area contributed by atoms with Crippen molar-refractivity contribution >= 4 is 140 Å². The quantitative estimate of drug-likeness (QED) is 0.0167. The van der Waals surface area contributed by atoms with Crippen LogP contribution in [0.25, 0.3) is 5.70 Å². The molecule has 3 aromatic rings. The van der Waals surface area contributed by atoms with Gasteiger partial charge in [0.25, 0.3) is 0 Å². The smallest absolute Gasteiger partial charge is 0.326 e. The molecule has 1 fully saturated rings. The van der Waals surface area contributed by atoms with E-state index in [1.54, 1.807) is 62.1 Å². The molecule has 0 bridgehead atoms. The highest BCUT2D eigenvalue weighted by Crippen LogP contribution is 2.22. The summed E-state index contributed by atoms with van der Waals surface area (Å²) in [4.78, 5) is 178. The first-order chi connectivity index (χ1) is 71.8. The van der Waals surface area contributed by atoms with Gasteiger partial charge in [-0.2, -0.15) is 5.11 Å². The second-order valence-corrected chi connectivity index (χ2v) is 35.5. The molecule has 1 unspecified atom stereocenters. The summed E-state index contributed by atoms with van der Waals surface area (Å²) in [6.45, 7) is 7.68. The highest BCUT2D eigenvalue weighted by atomic mass is 127. The van der Waals surface area contributed by atoms with Crippen molar-refractivity contribution in [3.8, 4) is 0 Å². The molecule has 8 amide bonds. The van der Waals surface area contributed by atoms with Gasteiger partial charge < -0.3 is 156 Å². The molecule has 20 N–H and O–H groups in total. The zero-order valence-corrected chi connectivity index (χ0v) is 87.2. The lowest BCUT2D eigenvalue weighted by Crippen LogP contribution is -2.53. The fraction of sp³-hybridized carbons (Fsp3) is 0.635. The first kappa shape index (κ1) is 130. The van der Waals surface area contributed by atoms with E-state index in [1.165, 1.54) is 17.8 Å². The number of hydrogen-bond donors (Lipinski definition) is 20. The van der Waals surface area contributed by atoms with Crippen LogP contribution in [-0.2, 0) is 127 Å². The molecule has 0 spiro atoms. The zero-order chi connectivity index (χ0) is 109. The molecule has 0 saturated carbocycles. The van der Waals surface area contributed by atoms with Gasteiger partial charge in [-0.15, -0.1) is 0 Å². The van der Waals surface area contributed by atoms with Crippen molar-refractivity contribution in [3.63, 3.8) is 0 Å². The van der Waals surface area contributed by atoms with Gasteiger partial charge in [0.05, 0.1) is 191 Å². The van der Waals surface area contributed by atoms with Gasteiger partial charge in [0.15, 0.2) is 5.11 Å². The van der Waals surface area contributed by atoms with Crippen LogP contribution in [0.15, 0.2) is 84.1 Å². The number of ether oxygens (including phenoxy) is 12. The summed E-state index contributed by atoms with van der Waals surface area (Å²) in [5.41, 5.74) is 11.1. The van der Waals surface area contributed by atoms with Crippen molar-refractivity contribution in [1.29, 1.82) is 5.53 Å². The molecular weight excluding hydrogens is 2090 g/mol. The number of carboxylic acids is 8. The summed E-state index contributed by atoms with van der Waals surface area (Å²) in [5, 5.41) is 110. The number of aryl methyl sites for hydroxylation is 1. The maximum absolute atomic E-state index is 13.8. The Kier molecular flexibility index (Phi) is 72.0. The van der Waals surface area contributed by atoms with Gasteiger partial charge >= 0.3 is 59.8 Å². The molecule has 0 radical (unpaired) electrons. The Morgan fingerprint density at radius 3 is 1.29 bits per heavy atom. The van der Waals surface area contributed by atoms with Crippen LogP contribution in [0.3, 0.4) is 0 Å². The Hall–Kier alpha value is -11.2. The Morgan fingerprint density at radius 1 is 0.389 bits per heavy atom. The number of amides is 8. The lowest BCUT2D eigenvalue weighted by molar-refractivity contribution is -0.142. The molecule has 53 heteroatoms. The minimum atomic E-state index is -1.58. The fourth-order valence-corrected chi connectivity index (χ4v) is 14.9. The second kappa shape index (κ2) is 82.5. The summed E-state index contributed by atoms with van der Waals surface area (Å²) in [6, 6.07) is 14.1. The number of rotatable bonds is 86. The summed E-state index contributed by atoms with van der Waals surface area (Å²) in [5.74, 6) is -11.4. The molecule has 3 aromatic carbocycles. The number of nitrogens with one attached hydrogen (secondary N) is 12. The van der Waals surface area contributed by atoms with E-state index in [2.05, 4.69) is 98.3 Å². The van der Waals surface area contributed by atoms with E-state index < -0.39 is 134 Å². The largest absolute Gasteiger partial charge is 0.481 e. The number of anilines is 2. The lowest BCUT2D eigenvalue weighted by Gasteiger charge is -2.37. The Labute approximate surface area is 884 Å². The van der Waals surface area contributed by atoms with E-state index in [0.717, 1.165) is 22.0 Å². The number of halogens is 1. The monoisotopic (exact) mass is 2240 g/mol. The van der Waals surface area contributed by atoms with Crippen LogP contribution >= 0.6 is 34.8 Å². The third kappa shape index (κ3) is 68.3. The Morgan fingerprint density at radius 2 is 0.812 bits per heavy atom. The molecular formula is C96H150IN17O34S. The number of thiocarbonyl (C=S) groups is 1. The summed E-state index contributed by atoms with van der Waals surface area (Å²) in [7, 11) is 0. The maximum atomic E-state index is 13.8. The molecule has 836 valence electrons. The summed E-state index contributed by atoms with van der Waals surface area (Å²) in [6.07, 6.45) is 5.31. The van der Waals surface area contributed by atoms with Gasteiger partial charge in [-0.1, -0.05) is 36.4 Å². The van der Waals surface area contributed by atoms with Crippen LogP contribution in [0, 0.1) is 9.10 Å². The SMILES string of the molecule is N=N/C(=C\NCC(=O)N[C@@H](CCCCNC(=S)Nc1ccc(CC2CN(CC(=O)O)CCN(CC(=O)O)CCN(CC(=O)O)CCN2CC(=O)O)cc1)C(=O)NCCOCCOCCOCCOCCOCCOCCOCCOCCOCCOCCOCCOCCC(=O)N[C@@H](CCCCNC(=O)CCCc1ccc(I)cc1)C(=O)O)c1cccc(NC(=O)NCCCC[C@H](NC(=O)N[C@@H](CCC(=O)O)C(=O)O)C(=O)O)c1. The predicted molar refractivity (Wildman–Crippen MR) is 551 cm³/mol. The number of hydrogen-bond acceptors (Lipinski definition) is 34. The molecule has 4 rings (SSSR count). The van der Waals surface area contributed by atoms with Crippen LogP contribution in [0.2, 0.25) is 0 Å². The van der Waals surface area contributed by atoms with E-state index >= 15 is 0 Å². The topological polar surface area (TPSA) is 693 Å².